The van der Waals surface area contributed by atoms with E-state index in [4.69, 9.17) is 4.98 Å². The molecular weight excluding hydrogens is 394 g/mol. The van der Waals surface area contributed by atoms with E-state index in [1.165, 1.54) is 50.5 Å². The molecule has 1 unspecified atom stereocenters. The average Bonchev–Trinajstić information content (AvgIpc) is 3.34. The number of nitrogens with zero attached hydrogens (tertiary/aromatic N) is 3. The Morgan fingerprint density at radius 2 is 1.59 bits per heavy atom. The quantitative estimate of drug-likeness (QED) is 0.327. The number of aromatic nitrogens is 2. The number of para-hydroxylation sites is 3. The maximum absolute atomic E-state index is 13.1. The van der Waals surface area contributed by atoms with Crippen LogP contribution < -0.4 is 4.90 Å². The second-order valence-electron chi connectivity index (χ2n) is 9.38. The Morgan fingerprint density at radius 1 is 0.906 bits per heavy atom. The van der Waals surface area contributed by atoms with Crippen molar-refractivity contribution >= 4 is 22.6 Å². The first kappa shape index (κ1) is 22.6. The average molecular weight is 432 g/mol. The summed E-state index contributed by atoms with van der Waals surface area (Å²) in [6, 6.07) is 14.7. The van der Waals surface area contributed by atoms with E-state index >= 15 is 0 Å². The Kier molecular flexibility index (Phi) is 7.29. The van der Waals surface area contributed by atoms with E-state index in [2.05, 4.69) is 67.8 Å². The normalized spacial score (nSPS) is 16.4. The number of hydrogen-bond acceptors (Lipinski definition) is 2. The number of benzene rings is 2. The van der Waals surface area contributed by atoms with Crippen LogP contribution in [0.1, 0.15) is 81.2 Å². The molecule has 4 nitrogen and oxygen atoms in total. The predicted molar refractivity (Wildman–Crippen MR) is 133 cm³/mol. The van der Waals surface area contributed by atoms with Crippen molar-refractivity contribution in [3.8, 4) is 0 Å². The van der Waals surface area contributed by atoms with Crippen LogP contribution in [-0.2, 0) is 11.3 Å². The van der Waals surface area contributed by atoms with Crippen LogP contribution in [0.2, 0.25) is 0 Å². The number of aryl methyl sites for hydroxylation is 3. The zero-order chi connectivity index (χ0) is 22.5. The van der Waals surface area contributed by atoms with Crippen LogP contribution >= 0.6 is 0 Å². The van der Waals surface area contributed by atoms with Gasteiger partial charge in [0.05, 0.1) is 11.0 Å². The lowest BCUT2D eigenvalue weighted by Gasteiger charge is -2.21. The third-order valence-corrected chi connectivity index (χ3v) is 6.87. The number of hydrogen-bond donors (Lipinski definition) is 0. The Balaban J connectivity index is 1.52. The van der Waals surface area contributed by atoms with Crippen molar-refractivity contribution < 1.29 is 4.79 Å². The number of anilines is 1. The molecule has 4 rings (SSSR count). The second kappa shape index (κ2) is 10.3. The number of unbranched alkanes of at least 4 members (excludes halogenated alkanes) is 6. The fourth-order valence-corrected chi connectivity index (χ4v) is 5.20. The SMILES string of the molecule is CCCCCCCCCn1c(C2CC(=O)N(c3c(C)cccc3C)C2)nc2ccccc21. The minimum atomic E-state index is 0.137. The topological polar surface area (TPSA) is 38.1 Å². The highest BCUT2D eigenvalue weighted by molar-refractivity contribution is 5.98. The Labute approximate surface area is 192 Å². The van der Waals surface area contributed by atoms with Gasteiger partial charge in [-0.1, -0.05) is 75.8 Å². The van der Waals surface area contributed by atoms with Crippen LogP contribution in [0.3, 0.4) is 0 Å². The van der Waals surface area contributed by atoms with Gasteiger partial charge in [0.15, 0.2) is 0 Å². The molecule has 2 heterocycles. The molecule has 0 radical (unpaired) electrons. The second-order valence-corrected chi connectivity index (χ2v) is 9.38. The third kappa shape index (κ3) is 4.74. The van der Waals surface area contributed by atoms with Gasteiger partial charge in [-0.05, 0) is 43.5 Å². The third-order valence-electron chi connectivity index (χ3n) is 6.87. The van der Waals surface area contributed by atoms with Gasteiger partial charge in [0.1, 0.15) is 5.82 Å². The molecule has 1 saturated heterocycles. The van der Waals surface area contributed by atoms with E-state index in [0.29, 0.717) is 13.0 Å². The summed E-state index contributed by atoms with van der Waals surface area (Å²) in [5.74, 6) is 1.43. The first-order valence-electron chi connectivity index (χ1n) is 12.4. The zero-order valence-electron chi connectivity index (χ0n) is 19.9. The fourth-order valence-electron chi connectivity index (χ4n) is 5.20. The van der Waals surface area contributed by atoms with E-state index < -0.39 is 0 Å². The maximum atomic E-state index is 13.1. The number of amides is 1. The maximum Gasteiger partial charge on any atom is 0.227 e. The Hall–Kier alpha value is -2.62. The van der Waals surface area contributed by atoms with Crippen LogP contribution in [0.4, 0.5) is 5.69 Å². The Bertz CT molecular complexity index is 1050. The largest absolute Gasteiger partial charge is 0.328 e. The van der Waals surface area contributed by atoms with Crippen molar-refractivity contribution in [1.82, 2.24) is 9.55 Å². The molecule has 32 heavy (non-hydrogen) atoms. The molecule has 0 saturated carbocycles. The molecule has 0 aliphatic carbocycles. The lowest BCUT2D eigenvalue weighted by Crippen LogP contribution is -2.26. The zero-order valence-corrected chi connectivity index (χ0v) is 19.9. The standard InChI is InChI=1S/C28H37N3O/c1-4-5-6-7-8-9-12-18-30-25-17-11-10-16-24(25)29-28(30)23-19-26(32)31(20-23)27-21(2)14-13-15-22(27)3/h10-11,13-17,23H,4-9,12,18-20H2,1-3H3. The van der Waals surface area contributed by atoms with Gasteiger partial charge >= 0.3 is 0 Å². The van der Waals surface area contributed by atoms with Crippen molar-refractivity contribution in [2.75, 3.05) is 11.4 Å². The highest BCUT2D eigenvalue weighted by Crippen LogP contribution is 2.36. The first-order valence-corrected chi connectivity index (χ1v) is 12.4. The lowest BCUT2D eigenvalue weighted by molar-refractivity contribution is -0.117. The molecule has 4 heteroatoms. The van der Waals surface area contributed by atoms with Gasteiger partial charge < -0.3 is 9.47 Å². The van der Waals surface area contributed by atoms with E-state index in [1.54, 1.807) is 0 Å². The van der Waals surface area contributed by atoms with E-state index in [9.17, 15) is 4.79 Å². The van der Waals surface area contributed by atoms with Crippen molar-refractivity contribution in [2.24, 2.45) is 0 Å². The van der Waals surface area contributed by atoms with E-state index in [-0.39, 0.29) is 11.8 Å². The summed E-state index contributed by atoms with van der Waals surface area (Å²) in [6.07, 6.45) is 9.61. The minimum Gasteiger partial charge on any atom is -0.328 e. The van der Waals surface area contributed by atoms with Crippen LogP contribution in [0.15, 0.2) is 42.5 Å². The fraction of sp³-hybridized carbons (Fsp3) is 0.500. The van der Waals surface area contributed by atoms with Gasteiger partial charge in [-0.15, -0.1) is 0 Å². The van der Waals surface area contributed by atoms with Gasteiger partial charge in [0, 0.05) is 31.1 Å². The summed E-state index contributed by atoms with van der Waals surface area (Å²) in [5.41, 5.74) is 5.65. The summed E-state index contributed by atoms with van der Waals surface area (Å²) < 4.78 is 2.40. The molecular formula is C28H37N3O. The summed E-state index contributed by atoms with van der Waals surface area (Å²) in [5, 5.41) is 0. The summed E-state index contributed by atoms with van der Waals surface area (Å²) in [6.45, 7) is 8.15. The van der Waals surface area contributed by atoms with Crippen LogP contribution in [0.5, 0.6) is 0 Å². The molecule has 3 aromatic rings. The number of rotatable bonds is 10. The van der Waals surface area contributed by atoms with Gasteiger partial charge in [0.25, 0.3) is 0 Å². The van der Waals surface area contributed by atoms with Gasteiger partial charge in [-0.3, -0.25) is 4.79 Å². The van der Waals surface area contributed by atoms with Crippen molar-refractivity contribution in [1.29, 1.82) is 0 Å². The molecule has 2 aromatic carbocycles. The highest BCUT2D eigenvalue weighted by Gasteiger charge is 2.35. The smallest absolute Gasteiger partial charge is 0.227 e. The number of fused-ring (bicyclic) bond motifs is 1. The summed E-state index contributed by atoms with van der Waals surface area (Å²) in [4.78, 5) is 20.1. The molecule has 1 aromatic heterocycles. The van der Waals surface area contributed by atoms with Crippen molar-refractivity contribution in [3.05, 3.63) is 59.4 Å². The first-order chi connectivity index (χ1) is 15.6. The van der Waals surface area contributed by atoms with E-state index in [0.717, 1.165) is 34.7 Å². The van der Waals surface area contributed by atoms with Gasteiger partial charge in [-0.25, -0.2) is 4.98 Å². The summed E-state index contributed by atoms with van der Waals surface area (Å²) in [7, 11) is 0. The number of imidazole rings is 1. The van der Waals surface area contributed by atoms with Crippen LogP contribution in [0, 0.1) is 13.8 Å². The van der Waals surface area contributed by atoms with Crippen molar-refractivity contribution in [2.45, 2.75) is 84.6 Å². The molecule has 0 bridgehead atoms. The van der Waals surface area contributed by atoms with Gasteiger partial charge in [0.2, 0.25) is 5.91 Å². The lowest BCUT2D eigenvalue weighted by atomic mass is 10.1. The molecule has 1 fully saturated rings. The number of carbonyl (C=O) groups excluding carboxylic acids is 1. The molecule has 0 N–H and O–H groups in total. The monoisotopic (exact) mass is 431 g/mol. The van der Waals surface area contributed by atoms with Crippen LogP contribution in [-0.4, -0.2) is 22.0 Å². The van der Waals surface area contributed by atoms with E-state index in [1.807, 2.05) is 4.90 Å². The Morgan fingerprint density at radius 3 is 2.34 bits per heavy atom. The van der Waals surface area contributed by atoms with Gasteiger partial charge in [-0.2, -0.15) is 0 Å². The minimum absolute atomic E-state index is 0.137. The summed E-state index contributed by atoms with van der Waals surface area (Å²) >= 11 is 0. The molecule has 1 atom stereocenters. The highest BCUT2D eigenvalue weighted by atomic mass is 16.2. The molecule has 1 aliphatic heterocycles. The molecule has 0 spiro atoms. The number of carbonyl (C=O) groups is 1. The molecule has 170 valence electrons. The van der Waals surface area contributed by atoms with Crippen molar-refractivity contribution in [3.63, 3.8) is 0 Å². The van der Waals surface area contributed by atoms with Crippen LogP contribution in [0.25, 0.3) is 11.0 Å². The predicted octanol–water partition coefficient (Wildman–Crippen LogP) is 6.92. The molecule has 1 amide bonds. The molecule has 1 aliphatic rings.